The lowest BCUT2D eigenvalue weighted by Gasteiger charge is -1.98. The molecule has 5 heteroatoms. The minimum atomic E-state index is -0.181. The molecule has 2 heterocycles. The van der Waals surface area contributed by atoms with Crippen LogP contribution in [0.4, 0.5) is 0 Å². The number of para-hydroxylation sites is 1. The Hall–Kier alpha value is -2.82. The van der Waals surface area contributed by atoms with Gasteiger partial charge in [-0.2, -0.15) is 9.90 Å². The number of rotatable bonds is 3. The topological polar surface area (TPSA) is 60.7 Å². The van der Waals surface area contributed by atoms with Crippen molar-refractivity contribution < 1.29 is 4.79 Å². The van der Waals surface area contributed by atoms with Gasteiger partial charge in [0.05, 0.1) is 11.9 Å². The molecular weight excluding hydrogens is 252 g/mol. The lowest BCUT2D eigenvalue weighted by molar-refractivity contribution is 0.103. The summed E-state index contributed by atoms with van der Waals surface area (Å²) in [6, 6.07) is 13.0. The fourth-order valence-electron chi connectivity index (χ4n) is 1.80. The molecule has 0 unspecified atom stereocenters. The number of pyridine rings is 1. The van der Waals surface area contributed by atoms with E-state index in [0.717, 1.165) is 11.4 Å². The second-order valence-electron chi connectivity index (χ2n) is 4.37. The molecule has 0 aliphatic heterocycles. The van der Waals surface area contributed by atoms with Crippen molar-refractivity contribution in [2.45, 2.75) is 6.92 Å². The van der Waals surface area contributed by atoms with E-state index >= 15 is 0 Å². The molecule has 98 valence electrons. The predicted octanol–water partition coefficient (Wildman–Crippen LogP) is 2.20. The van der Waals surface area contributed by atoms with Crippen molar-refractivity contribution >= 4 is 5.78 Å². The fraction of sp³-hybridized carbons (Fsp3) is 0.0667. The molecule has 20 heavy (non-hydrogen) atoms. The Morgan fingerprint density at radius 1 is 1.05 bits per heavy atom. The molecule has 0 saturated heterocycles. The summed E-state index contributed by atoms with van der Waals surface area (Å²) in [6.07, 6.45) is 3.02. The number of hydrogen-bond donors (Lipinski definition) is 0. The average molecular weight is 264 g/mol. The Labute approximate surface area is 115 Å². The van der Waals surface area contributed by atoms with Crippen molar-refractivity contribution in [2.75, 3.05) is 0 Å². The van der Waals surface area contributed by atoms with Gasteiger partial charge >= 0.3 is 0 Å². The monoisotopic (exact) mass is 264 g/mol. The van der Waals surface area contributed by atoms with Crippen LogP contribution in [-0.2, 0) is 0 Å². The average Bonchev–Trinajstić information content (AvgIpc) is 2.98. The molecule has 0 amide bonds. The Balaban J connectivity index is 1.90. The van der Waals surface area contributed by atoms with Crippen LogP contribution in [0.2, 0.25) is 0 Å². The van der Waals surface area contributed by atoms with E-state index in [1.54, 1.807) is 18.3 Å². The molecular formula is C15H12N4O. The molecule has 3 rings (SSSR count). The zero-order valence-electron chi connectivity index (χ0n) is 10.9. The molecule has 2 aromatic heterocycles. The maximum absolute atomic E-state index is 12.2. The summed E-state index contributed by atoms with van der Waals surface area (Å²) in [6.45, 7) is 1.87. The van der Waals surface area contributed by atoms with Gasteiger partial charge in [-0.1, -0.05) is 18.2 Å². The minimum Gasteiger partial charge on any atom is -0.287 e. The third-order valence-electron chi connectivity index (χ3n) is 2.89. The van der Waals surface area contributed by atoms with E-state index in [2.05, 4.69) is 15.2 Å². The first-order valence-corrected chi connectivity index (χ1v) is 6.19. The molecule has 0 saturated carbocycles. The highest BCUT2D eigenvalue weighted by Gasteiger charge is 2.14. The van der Waals surface area contributed by atoms with Gasteiger partial charge in [0.2, 0.25) is 5.78 Å². The van der Waals surface area contributed by atoms with Crippen LogP contribution < -0.4 is 0 Å². The number of aromatic nitrogens is 4. The summed E-state index contributed by atoms with van der Waals surface area (Å²) >= 11 is 0. The maximum atomic E-state index is 12.2. The Bertz CT molecular complexity index is 732. The summed E-state index contributed by atoms with van der Waals surface area (Å²) in [5.41, 5.74) is 2.50. The minimum absolute atomic E-state index is 0.181. The predicted molar refractivity (Wildman–Crippen MR) is 73.8 cm³/mol. The number of ketones is 1. The van der Waals surface area contributed by atoms with Gasteiger partial charge in [0, 0.05) is 17.5 Å². The molecule has 0 aliphatic carbocycles. The van der Waals surface area contributed by atoms with Crippen molar-refractivity contribution in [3.63, 3.8) is 0 Å². The maximum Gasteiger partial charge on any atom is 0.216 e. The number of carbonyl (C=O) groups excluding carboxylic acids is 1. The van der Waals surface area contributed by atoms with Crippen molar-refractivity contribution in [1.82, 2.24) is 20.0 Å². The third-order valence-corrected chi connectivity index (χ3v) is 2.89. The summed E-state index contributed by atoms with van der Waals surface area (Å²) in [4.78, 5) is 17.8. The first-order chi connectivity index (χ1) is 9.74. The molecule has 5 nitrogen and oxygen atoms in total. The zero-order valence-corrected chi connectivity index (χ0v) is 10.9. The molecule has 0 radical (unpaired) electrons. The third kappa shape index (κ3) is 2.33. The molecule has 0 atom stereocenters. The Morgan fingerprint density at radius 2 is 1.85 bits per heavy atom. The van der Waals surface area contributed by atoms with Crippen molar-refractivity contribution in [3.8, 4) is 5.69 Å². The van der Waals surface area contributed by atoms with Crippen molar-refractivity contribution in [2.24, 2.45) is 0 Å². The highest BCUT2D eigenvalue weighted by molar-refractivity contribution is 6.07. The highest BCUT2D eigenvalue weighted by Crippen LogP contribution is 2.09. The molecule has 0 spiro atoms. The molecule has 0 fully saturated rings. The summed E-state index contributed by atoms with van der Waals surface area (Å²) in [7, 11) is 0. The molecule has 0 bridgehead atoms. The van der Waals surface area contributed by atoms with Gasteiger partial charge in [0.1, 0.15) is 0 Å². The number of benzene rings is 1. The van der Waals surface area contributed by atoms with E-state index in [4.69, 9.17) is 0 Å². The van der Waals surface area contributed by atoms with Gasteiger partial charge in [-0.05, 0) is 31.2 Å². The second-order valence-corrected chi connectivity index (χ2v) is 4.37. The van der Waals surface area contributed by atoms with E-state index in [1.807, 2.05) is 37.3 Å². The van der Waals surface area contributed by atoms with E-state index in [1.165, 1.54) is 11.0 Å². The molecule has 0 N–H and O–H groups in total. The summed E-state index contributed by atoms with van der Waals surface area (Å²) in [5, 5.41) is 8.32. The van der Waals surface area contributed by atoms with Crippen LogP contribution in [0, 0.1) is 6.92 Å². The Kier molecular flexibility index (Phi) is 3.09. The van der Waals surface area contributed by atoms with Crippen LogP contribution in [0.1, 0.15) is 21.7 Å². The number of carbonyl (C=O) groups is 1. The fourth-order valence-corrected chi connectivity index (χ4v) is 1.80. The SMILES string of the molecule is Cc1ccc(C(=O)c2cnn(-c3ccccc3)n2)cn1. The number of hydrogen-bond acceptors (Lipinski definition) is 4. The number of aryl methyl sites for hydroxylation is 1. The normalized spacial score (nSPS) is 10.4. The Morgan fingerprint density at radius 3 is 2.55 bits per heavy atom. The highest BCUT2D eigenvalue weighted by atomic mass is 16.1. The van der Waals surface area contributed by atoms with Gasteiger partial charge in [0.15, 0.2) is 5.69 Å². The first-order valence-electron chi connectivity index (χ1n) is 6.19. The van der Waals surface area contributed by atoms with Gasteiger partial charge in [-0.15, -0.1) is 5.10 Å². The zero-order chi connectivity index (χ0) is 13.9. The van der Waals surface area contributed by atoms with Gasteiger partial charge in [-0.25, -0.2) is 0 Å². The lowest BCUT2D eigenvalue weighted by Crippen LogP contribution is -2.05. The lowest BCUT2D eigenvalue weighted by atomic mass is 10.1. The quantitative estimate of drug-likeness (QED) is 0.680. The second kappa shape index (κ2) is 5.05. The van der Waals surface area contributed by atoms with E-state index in [-0.39, 0.29) is 5.78 Å². The largest absolute Gasteiger partial charge is 0.287 e. The van der Waals surface area contributed by atoms with Crippen LogP contribution in [0.15, 0.2) is 54.9 Å². The van der Waals surface area contributed by atoms with Gasteiger partial charge in [0.25, 0.3) is 0 Å². The first kappa shape index (κ1) is 12.2. The van der Waals surface area contributed by atoms with E-state index in [0.29, 0.717) is 11.3 Å². The summed E-state index contributed by atoms with van der Waals surface area (Å²) < 4.78 is 0. The van der Waals surface area contributed by atoms with Gasteiger partial charge in [-0.3, -0.25) is 9.78 Å². The molecule has 0 aliphatic rings. The van der Waals surface area contributed by atoms with Crippen LogP contribution in [0.5, 0.6) is 0 Å². The van der Waals surface area contributed by atoms with E-state index in [9.17, 15) is 4.79 Å². The number of nitrogens with zero attached hydrogens (tertiary/aromatic N) is 4. The van der Waals surface area contributed by atoms with E-state index < -0.39 is 0 Å². The summed E-state index contributed by atoms with van der Waals surface area (Å²) in [5.74, 6) is -0.181. The van der Waals surface area contributed by atoms with Crippen LogP contribution >= 0.6 is 0 Å². The molecule has 3 aromatic rings. The standard InChI is InChI=1S/C15H12N4O/c1-11-7-8-12(9-16-11)15(20)14-10-17-19(18-14)13-5-3-2-4-6-13/h2-10H,1H3. The van der Waals surface area contributed by atoms with Crippen LogP contribution in [0.25, 0.3) is 5.69 Å². The molecule has 1 aromatic carbocycles. The smallest absolute Gasteiger partial charge is 0.216 e. The van der Waals surface area contributed by atoms with Gasteiger partial charge < -0.3 is 0 Å². The van der Waals surface area contributed by atoms with Crippen LogP contribution in [0.3, 0.4) is 0 Å². The van der Waals surface area contributed by atoms with Crippen molar-refractivity contribution in [1.29, 1.82) is 0 Å². The van der Waals surface area contributed by atoms with Crippen molar-refractivity contribution in [3.05, 3.63) is 71.8 Å². The van der Waals surface area contributed by atoms with Crippen LogP contribution in [-0.4, -0.2) is 25.8 Å².